The van der Waals surface area contributed by atoms with Crippen LogP contribution < -0.4 is 11.1 Å². The van der Waals surface area contributed by atoms with Gasteiger partial charge in [0.25, 0.3) is 0 Å². The van der Waals surface area contributed by atoms with Crippen LogP contribution in [-0.4, -0.2) is 30.1 Å². The highest BCUT2D eigenvalue weighted by molar-refractivity contribution is 5.89. The minimum Gasteiger partial charge on any atom is -0.326 e. The quantitative estimate of drug-likeness (QED) is 0.834. The Bertz CT molecular complexity index is 456. The SMILES string of the molecule is Cc1ccc(NC(=O)N2CCCC(N)C2)c(F)c1.Cl. The van der Waals surface area contributed by atoms with Crippen LogP contribution >= 0.6 is 12.4 Å². The third-order valence-corrected chi connectivity index (χ3v) is 3.11. The number of amides is 2. The van der Waals surface area contributed by atoms with Gasteiger partial charge in [0.05, 0.1) is 5.69 Å². The topological polar surface area (TPSA) is 58.4 Å². The van der Waals surface area contributed by atoms with Crippen molar-refractivity contribution in [3.8, 4) is 0 Å². The van der Waals surface area contributed by atoms with Crippen molar-refractivity contribution < 1.29 is 9.18 Å². The molecule has 19 heavy (non-hydrogen) atoms. The summed E-state index contributed by atoms with van der Waals surface area (Å²) >= 11 is 0. The van der Waals surface area contributed by atoms with E-state index in [4.69, 9.17) is 5.73 Å². The molecule has 1 aliphatic heterocycles. The van der Waals surface area contributed by atoms with Gasteiger partial charge < -0.3 is 16.0 Å². The number of nitrogens with two attached hydrogens (primary N) is 1. The monoisotopic (exact) mass is 287 g/mol. The normalized spacial score (nSPS) is 18.7. The van der Waals surface area contributed by atoms with Gasteiger partial charge in [0.2, 0.25) is 0 Å². The molecule has 1 saturated heterocycles. The Morgan fingerprint density at radius 3 is 2.89 bits per heavy atom. The lowest BCUT2D eigenvalue weighted by molar-refractivity contribution is 0.193. The molecule has 1 fully saturated rings. The second-order valence-corrected chi connectivity index (χ2v) is 4.76. The van der Waals surface area contributed by atoms with Crippen molar-refractivity contribution in [2.45, 2.75) is 25.8 Å². The first-order valence-electron chi connectivity index (χ1n) is 6.14. The standard InChI is InChI=1S/C13H18FN3O.ClH/c1-9-4-5-12(11(14)7-9)16-13(18)17-6-2-3-10(15)8-17;/h4-5,7,10H,2-3,6,8,15H2,1H3,(H,16,18);1H. The third-order valence-electron chi connectivity index (χ3n) is 3.11. The molecule has 0 spiro atoms. The maximum atomic E-state index is 13.6. The van der Waals surface area contributed by atoms with Crippen molar-refractivity contribution in [3.63, 3.8) is 0 Å². The van der Waals surface area contributed by atoms with Crippen LogP contribution in [0.5, 0.6) is 0 Å². The lowest BCUT2D eigenvalue weighted by Gasteiger charge is -2.30. The molecular formula is C13H19ClFN3O. The van der Waals surface area contributed by atoms with E-state index in [9.17, 15) is 9.18 Å². The fourth-order valence-electron chi connectivity index (χ4n) is 2.11. The molecular weight excluding hydrogens is 269 g/mol. The first kappa shape index (κ1) is 15.7. The van der Waals surface area contributed by atoms with Gasteiger partial charge in [0.1, 0.15) is 5.82 Å². The molecule has 0 radical (unpaired) electrons. The van der Waals surface area contributed by atoms with Gasteiger partial charge in [0, 0.05) is 19.1 Å². The van der Waals surface area contributed by atoms with E-state index < -0.39 is 5.82 Å². The maximum Gasteiger partial charge on any atom is 0.321 e. The van der Waals surface area contributed by atoms with Gasteiger partial charge in [-0.15, -0.1) is 12.4 Å². The summed E-state index contributed by atoms with van der Waals surface area (Å²) in [6.45, 7) is 3.00. The number of rotatable bonds is 1. The Labute approximate surface area is 118 Å². The summed E-state index contributed by atoms with van der Waals surface area (Å²) in [5.74, 6) is -0.412. The van der Waals surface area contributed by atoms with Crippen LogP contribution in [0.15, 0.2) is 18.2 Å². The summed E-state index contributed by atoms with van der Waals surface area (Å²) in [6.07, 6.45) is 1.83. The predicted molar refractivity (Wildman–Crippen MR) is 76.2 cm³/mol. The number of carbonyl (C=O) groups is 1. The van der Waals surface area contributed by atoms with Crippen LogP contribution in [0.25, 0.3) is 0 Å². The van der Waals surface area contributed by atoms with Crippen LogP contribution in [0.3, 0.4) is 0 Å². The summed E-state index contributed by atoms with van der Waals surface area (Å²) in [7, 11) is 0. The van der Waals surface area contributed by atoms with Crippen molar-refractivity contribution in [1.29, 1.82) is 0 Å². The summed E-state index contributed by atoms with van der Waals surface area (Å²) < 4.78 is 13.6. The van der Waals surface area contributed by atoms with Gasteiger partial charge in [-0.05, 0) is 37.5 Å². The van der Waals surface area contributed by atoms with E-state index in [1.54, 1.807) is 24.0 Å². The zero-order chi connectivity index (χ0) is 13.1. The van der Waals surface area contributed by atoms with E-state index in [0.717, 1.165) is 18.4 Å². The van der Waals surface area contributed by atoms with Gasteiger partial charge >= 0.3 is 6.03 Å². The van der Waals surface area contributed by atoms with Crippen LogP contribution in [0.1, 0.15) is 18.4 Å². The van der Waals surface area contributed by atoms with Gasteiger partial charge in [-0.2, -0.15) is 0 Å². The zero-order valence-electron chi connectivity index (χ0n) is 10.9. The molecule has 2 amide bonds. The van der Waals surface area contributed by atoms with E-state index in [-0.39, 0.29) is 30.2 Å². The first-order chi connectivity index (χ1) is 8.56. The minimum absolute atomic E-state index is 0. The summed E-state index contributed by atoms with van der Waals surface area (Å²) in [5.41, 5.74) is 6.85. The average Bonchev–Trinajstić information content (AvgIpc) is 2.32. The van der Waals surface area contributed by atoms with Crippen LogP contribution in [0.4, 0.5) is 14.9 Å². The molecule has 106 valence electrons. The highest BCUT2D eigenvalue weighted by atomic mass is 35.5. The molecule has 1 aromatic rings. The number of piperidine rings is 1. The van der Waals surface area contributed by atoms with E-state index in [0.29, 0.717) is 13.1 Å². The number of urea groups is 1. The van der Waals surface area contributed by atoms with E-state index in [1.807, 2.05) is 0 Å². The fourth-order valence-corrected chi connectivity index (χ4v) is 2.11. The van der Waals surface area contributed by atoms with Gasteiger partial charge in [-0.25, -0.2) is 9.18 Å². The molecule has 1 unspecified atom stereocenters. The number of anilines is 1. The number of nitrogens with one attached hydrogen (secondary N) is 1. The number of benzene rings is 1. The molecule has 0 aliphatic carbocycles. The third kappa shape index (κ3) is 4.08. The first-order valence-corrected chi connectivity index (χ1v) is 6.14. The second-order valence-electron chi connectivity index (χ2n) is 4.76. The smallest absolute Gasteiger partial charge is 0.321 e. The van der Waals surface area contributed by atoms with Crippen molar-refractivity contribution in [3.05, 3.63) is 29.6 Å². The zero-order valence-corrected chi connectivity index (χ0v) is 11.7. The Morgan fingerprint density at radius 1 is 1.53 bits per heavy atom. The van der Waals surface area contributed by atoms with Crippen molar-refractivity contribution in [2.75, 3.05) is 18.4 Å². The number of carbonyl (C=O) groups excluding carboxylic acids is 1. The number of likely N-dealkylation sites (tertiary alicyclic amines) is 1. The molecule has 4 nitrogen and oxygen atoms in total. The second kappa shape index (κ2) is 6.73. The molecule has 0 saturated carbocycles. The summed E-state index contributed by atoms with van der Waals surface area (Å²) in [4.78, 5) is 13.6. The lowest BCUT2D eigenvalue weighted by Crippen LogP contribution is -2.47. The molecule has 1 aromatic carbocycles. The number of nitrogens with zero attached hydrogens (tertiary/aromatic N) is 1. The fraction of sp³-hybridized carbons (Fsp3) is 0.462. The molecule has 1 aliphatic rings. The molecule has 2 rings (SSSR count). The Kier molecular flexibility index (Phi) is 5.57. The van der Waals surface area contributed by atoms with E-state index >= 15 is 0 Å². The Morgan fingerprint density at radius 2 is 2.26 bits per heavy atom. The molecule has 1 atom stereocenters. The van der Waals surface area contributed by atoms with Crippen LogP contribution in [0, 0.1) is 12.7 Å². The average molecular weight is 288 g/mol. The number of halogens is 2. The largest absolute Gasteiger partial charge is 0.326 e. The van der Waals surface area contributed by atoms with E-state index in [1.165, 1.54) is 6.07 Å². The Hall–Kier alpha value is -1.33. The van der Waals surface area contributed by atoms with E-state index in [2.05, 4.69) is 5.32 Å². The molecule has 3 N–H and O–H groups in total. The highest BCUT2D eigenvalue weighted by Gasteiger charge is 2.21. The summed E-state index contributed by atoms with van der Waals surface area (Å²) in [6, 6.07) is 4.48. The predicted octanol–water partition coefficient (Wildman–Crippen LogP) is 2.51. The Balaban J connectivity index is 0.00000180. The van der Waals surface area contributed by atoms with Crippen LogP contribution in [0.2, 0.25) is 0 Å². The molecule has 0 bridgehead atoms. The minimum atomic E-state index is -0.412. The number of hydrogen-bond acceptors (Lipinski definition) is 2. The van der Waals surface area contributed by atoms with Crippen molar-refractivity contribution in [1.82, 2.24) is 4.90 Å². The molecule has 6 heteroatoms. The maximum absolute atomic E-state index is 13.6. The summed E-state index contributed by atoms with van der Waals surface area (Å²) in [5, 5.41) is 2.58. The molecule has 1 heterocycles. The van der Waals surface area contributed by atoms with Gasteiger partial charge in [-0.3, -0.25) is 0 Å². The number of hydrogen-bond donors (Lipinski definition) is 2. The highest BCUT2D eigenvalue weighted by Crippen LogP contribution is 2.17. The number of aryl methyl sites for hydroxylation is 1. The van der Waals surface area contributed by atoms with Crippen molar-refractivity contribution >= 4 is 24.1 Å². The van der Waals surface area contributed by atoms with Gasteiger partial charge in [-0.1, -0.05) is 6.07 Å². The molecule has 0 aromatic heterocycles. The van der Waals surface area contributed by atoms with Crippen molar-refractivity contribution in [2.24, 2.45) is 5.73 Å². The van der Waals surface area contributed by atoms with Crippen LogP contribution in [-0.2, 0) is 0 Å². The lowest BCUT2D eigenvalue weighted by atomic mass is 10.1. The van der Waals surface area contributed by atoms with Gasteiger partial charge in [0.15, 0.2) is 0 Å².